The van der Waals surface area contributed by atoms with Gasteiger partial charge in [-0.25, -0.2) is 4.39 Å². The Labute approximate surface area is 180 Å². The fourth-order valence-corrected chi connectivity index (χ4v) is 3.75. The number of carbonyl (C=O) groups is 1. The summed E-state index contributed by atoms with van der Waals surface area (Å²) in [7, 11) is 1.59. The molecule has 1 aromatic heterocycles. The second-order valence-corrected chi connectivity index (χ2v) is 7.54. The van der Waals surface area contributed by atoms with Crippen LogP contribution >= 0.6 is 0 Å². The van der Waals surface area contributed by atoms with Crippen LogP contribution in [0.25, 0.3) is 0 Å². The summed E-state index contributed by atoms with van der Waals surface area (Å²) in [4.78, 5) is 15.9. The van der Waals surface area contributed by atoms with Crippen LogP contribution in [0, 0.1) is 5.82 Å². The van der Waals surface area contributed by atoms with E-state index >= 15 is 0 Å². The molecule has 3 aromatic rings. The first-order valence-corrected chi connectivity index (χ1v) is 10.3. The van der Waals surface area contributed by atoms with Crippen molar-refractivity contribution in [2.45, 2.75) is 13.2 Å². The molecule has 1 aliphatic rings. The first-order valence-electron chi connectivity index (χ1n) is 10.3. The number of nitrogens with zero attached hydrogens (tertiary/aromatic N) is 1. The monoisotopic (exact) mass is 425 g/mol. The van der Waals surface area contributed by atoms with E-state index in [4.69, 9.17) is 13.9 Å². The van der Waals surface area contributed by atoms with Crippen molar-refractivity contribution in [1.82, 2.24) is 4.90 Å². The predicted molar refractivity (Wildman–Crippen MR) is 113 cm³/mol. The molecule has 1 fully saturated rings. The number of ether oxygens (including phenoxy) is 2. The molecule has 0 radical (unpaired) electrons. The van der Waals surface area contributed by atoms with Gasteiger partial charge < -0.3 is 23.7 Å². The third kappa shape index (κ3) is 5.24. The molecule has 6 nitrogen and oxygen atoms in total. The molecule has 2 aromatic carbocycles. The summed E-state index contributed by atoms with van der Waals surface area (Å²) in [6, 6.07) is 17.5. The van der Waals surface area contributed by atoms with E-state index in [2.05, 4.69) is 0 Å². The third-order valence-corrected chi connectivity index (χ3v) is 5.44. The molecule has 7 heteroatoms. The quantitative estimate of drug-likeness (QED) is 0.632. The number of rotatable bonds is 7. The molecule has 1 aliphatic heterocycles. The standard InChI is InChI=1S/C24H25FN2O4/c1-29-22-9-7-19(25)15-18(22)16-26-11-13-27(14-12-26)24(28)23-10-8-21(31-23)17-30-20-5-3-2-4-6-20/h2-10,15H,11-14,16-17H2,1H3/p+1. The Balaban J connectivity index is 1.29. The summed E-state index contributed by atoms with van der Waals surface area (Å²) in [5, 5.41) is 0. The van der Waals surface area contributed by atoms with Crippen LogP contribution < -0.4 is 14.4 Å². The van der Waals surface area contributed by atoms with Crippen molar-refractivity contribution in [1.29, 1.82) is 0 Å². The Bertz CT molecular complexity index is 1010. The number of quaternary nitrogens is 1. The summed E-state index contributed by atoms with van der Waals surface area (Å²) in [6.45, 7) is 3.70. The molecule has 0 unspecified atom stereocenters. The van der Waals surface area contributed by atoms with Gasteiger partial charge in [0.1, 0.15) is 36.2 Å². The molecule has 0 aliphatic carbocycles. The lowest BCUT2D eigenvalue weighted by Gasteiger charge is -2.32. The molecule has 0 spiro atoms. The van der Waals surface area contributed by atoms with Gasteiger partial charge in [-0.2, -0.15) is 0 Å². The minimum absolute atomic E-state index is 0.117. The maximum Gasteiger partial charge on any atom is 0.289 e. The molecule has 2 heterocycles. The second-order valence-electron chi connectivity index (χ2n) is 7.54. The largest absolute Gasteiger partial charge is 0.496 e. The van der Waals surface area contributed by atoms with Crippen molar-refractivity contribution in [3.63, 3.8) is 0 Å². The van der Waals surface area contributed by atoms with Gasteiger partial charge in [-0.1, -0.05) is 18.2 Å². The van der Waals surface area contributed by atoms with Crippen LogP contribution in [-0.2, 0) is 13.2 Å². The summed E-state index contributed by atoms with van der Waals surface area (Å²) in [6.07, 6.45) is 0. The number of hydrogen-bond donors (Lipinski definition) is 1. The lowest BCUT2D eigenvalue weighted by molar-refractivity contribution is -0.917. The van der Waals surface area contributed by atoms with E-state index < -0.39 is 0 Å². The fourth-order valence-electron chi connectivity index (χ4n) is 3.75. The Morgan fingerprint density at radius 2 is 1.87 bits per heavy atom. The lowest BCUT2D eigenvalue weighted by Crippen LogP contribution is -3.13. The Morgan fingerprint density at radius 3 is 2.61 bits per heavy atom. The minimum Gasteiger partial charge on any atom is -0.496 e. The molecule has 1 N–H and O–H groups in total. The maximum atomic E-state index is 13.6. The van der Waals surface area contributed by atoms with E-state index in [1.54, 1.807) is 30.2 Å². The number of carbonyl (C=O) groups excluding carboxylic acids is 1. The predicted octanol–water partition coefficient (Wildman–Crippen LogP) is 2.55. The molecule has 162 valence electrons. The zero-order valence-electron chi connectivity index (χ0n) is 17.5. The zero-order chi connectivity index (χ0) is 21.6. The van der Waals surface area contributed by atoms with E-state index in [9.17, 15) is 9.18 Å². The van der Waals surface area contributed by atoms with Crippen molar-refractivity contribution in [2.24, 2.45) is 0 Å². The number of furan rings is 1. The van der Waals surface area contributed by atoms with Gasteiger partial charge in [0.15, 0.2) is 5.76 Å². The molecule has 1 amide bonds. The summed E-state index contributed by atoms with van der Waals surface area (Å²) < 4.78 is 30.3. The van der Waals surface area contributed by atoms with E-state index in [1.165, 1.54) is 17.0 Å². The van der Waals surface area contributed by atoms with Gasteiger partial charge in [0.05, 0.1) is 38.9 Å². The number of amides is 1. The van der Waals surface area contributed by atoms with Gasteiger partial charge in [-0.05, 0) is 42.5 Å². The topological polar surface area (TPSA) is 56.4 Å². The van der Waals surface area contributed by atoms with Crippen LogP contribution in [0.15, 0.2) is 65.1 Å². The van der Waals surface area contributed by atoms with Gasteiger partial charge in [0.2, 0.25) is 0 Å². The second kappa shape index (κ2) is 9.66. The summed E-state index contributed by atoms with van der Waals surface area (Å²) >= 11 is 0. The molecule has 1 saturated heterocycles. The van der Waals surface area contributed by atoms with Crippen molar-refractivity contribution in [3.05, 3.63) is 83.6 Å². The SMILES string of the molecule is COc1ccc(F)cc1C[NH+]1CCN(C(=O)c2ccc(COc3ccccc3)o2)CC1. The highest BCUT2D eigenvalue weighted by Crippen LogP contribution is 2.19. The van der Waals surface area contributed by atoms with Crippen LogP contribution in [0.4, 0.5) is 4.39 Å². The minimum atomic E-state index is -0.270. The molecule has 0 saturated carbocycles. The normalized spacial score (nSPS) is 14.5. The Morgan fingerprint density at radius 1 is 1.10 bits per heavy atom. The molecule has 4 rings (SSSR count). The van der Waals surface area contributed by atoms with Crippen LogP contribution in [0.5, 0.6) is 11.5 Å². The van der Waals surface area contributed by atoms with Gasteiger partial charge >= 0.3 is 0 Å². The van der Waals surface area contributed by atoms with Gasteiger partial charge in [0.25, 0.3) is 5.91 Å². The molecule has 0 bridgehead atoms. The van der Waals surface area contributed by atoms with Crippen LogP contribution in [-0.4, -0.2) is 44.1 Å². The zero-order valence-corrected chi connectivity index (χ0v) is 17.5. The van der Waals surface area contributed by atoms with E-state index in [0.717, 1.165) is 24.4 Å². The smallest absolute Gasteiger partial charge is 0.289 e. The van der Waals surface area contributed by atoms with Crippen molar-refractivity contribution in [2.75, 3.05) is 33.3 Å². The lowest BCUT2D eigenvalue weighted by atomic mass is 10.1. The summed E-state index contributed by atoms with van der Waals surface area (Å²) in [5.74, 6) is 1.98. The number of methoxy groups -OCH3 is 1. The first kappa shape index (κ1) is 20.9. The number of halogens is 1. The number of para-hydroxylation sites is 1. The van der Waals surface area contributed by atoms with Gasteiger partial charge in [-0.15, -0.1) is 0 Å². The Kier molecular flexibility index (Phi) is 6.52. The average molecular weight is 425 g/mol. The van der Waals surface area contributed by atoms with E-state index in [0.29, 0.717) is 36.9 Å². The van der Waals surface area contributed by atoms with Gasteiger partial charge in [-0.3, -0.25) is 4.79 Å². The molecule has 31 heavy (non-hydrogen) atoms. The van der Waals surface area contributed by atoms with Gasteiger partial charge in [0, 0.05) is 0 Å². The number of hydrogen-bond acceptors (Lipinski definition) is 4. The average Bonchev–Trinajstić information content (AvgIpc) is 3.28. The van der Waals surface area contributed by atoms with Crippen LogP contribution in [0.2, 0.25) is 0 Å². The number of nitrogens with one attached hydrogen (secondary N) is 1. The number of piperazine rings is 1. The van der Waals surface area contributed by atoms with Crippen LogP contribution in [0.3, 0.4) is 0 Å². The van der Waals surface area contributed by atoms with E-state index in [1.807, 2.05) is 30.3 Å². The van der Waals surface area contributed by atoms with Crippen molar-refractivity contribution < 1.29 is 28.0 Å². The fraction of sp³-hybridized carbons (Fsp3) is 0.292. The molecule has 0 atom stereocenters. The highest BCUT2D eigenvalue weighted by atomic mass is 19.1. The maximum absolute atomic E-state index is 13.6. The Hall–Kier alpha value is -3.32. The highest BCUT2D eigenvalue weighted by Gasteiger charge is 2.27. The first-order chi connectivity index (χ1) is 15.1. The molecular weight excluding hydrogens is 399 g/mol. The number of benzene rings is 2. The van der Waals surface area contributed by atoms with E-state index in [-0.39, 0.29) is 18.3 Å². The molecular formula is C24H26FN2O4+. The third-order valence-electron chi connectivity index (χ3n) is 5.44. The van der Waals surface area contributed by atoms with Crippen molar-refractivity contribution >= 4 is 5.91 Å². The van der Waals surface area contributed by atoms with Crippen LogP contribution in [0.1, 0.15) is 21.9 Å². The summed E-state index contributed by atoms with van der Waals surface area (Å²) in [5.41, 5.74) is 0.839. The highest BCUT2D eigenvalue weighted by molar-refractivity contribution is 5.91. The van der Waals surface area contributed by atoms with Crippen molar-refractivity contribution in [3.8, 4) is 11.5 Å².